The lowest BCUT2D eigenvalue weighted by molar-refractivity contribution is 0.0909. The Hall–Kier alpha value is -0.195. The van der Waals surface area contributed by atoms with Gasteiger partial charge in [0.05, 0.1) is 9.17 Å². The predicted octanol–water partition coefficient (Wildman–Crippen LogP) is 4.52. The number of Topliss-reactive ketones (excluding diaryl/α,β-unsaturated/α-hetero) is 1. The summed E-state index contributed by atoms with van der Waals surface area (Å²) in [6, 6.07) is 0. The number of fused-ring (bicyclic) bond motifs is 1. The smallest absolute Gasteiger partial charge is 0.178 e. The van der Waals surface area contributed by atoms with E-state index in [2.05, 4.69) is 22.9 Å². The fraction of sp³-hybridized carbons (Fsp3) is 0.500. The van der Waals surface area contributed by atoms with Crippen LogP contribution < -0.4 is 4.78 Å². The number of halogens is 2. The lowest BCUT2D eigenvalue weighted by Crippen LogP contribution is -2.14. The van der Waals surface area contributed by atoms with Gasteiger partial charge in [-0.15, -0.1) is 22.7 Å². The van der Waals surface area contributed by atoms with Gasteiger partial charge in [-0.1, -0.05) is 26.7 Å². The average molecular weight is 375 g/mol. The van der Waals surface area contributed by atoms with Gasteiger partial charge in [0.2, 0.25) is 0 Å². The molecular formula is C14H17BBrFOS2. The van der Waals surface area contributed by atoms with E-state index in [1.165, 1.54) is 22.7 Å². The molecule has 2 aromatic rings. The minimum atomic E-state index is -0.332. The Labute approximate surface area is 136 Å². The van der Waals surface area contributed by atoms with Crippen LogP contribution in [0.4, 0.5) is 4.39 Å². The fourth-order valence-electron chi connectivity index (χ4n) is 2.38. The highest BCUT2D eigenvalue weighted by atomic mass is 79.9. The largest absolute Gasteiger partial charge is 0.293 e. The number of rotatable bonds is 6. The van der Waals surface area contributed by atoms with Crippen LogP contribution in [0.2, 0.25) is 0 Å². The molecule has 0 aliphatic heterocycles. The molecule has 0 N–H and O–H groups in total. The minimum absolute atomic E-state index is 0.0176. The number of hydrogen-bond donors (Lipinski definition) is 0. The summed E-state index contributed by atoms with van der Waals surface area (Å²) >= 11 is 6.24. The van der Waals surface area contributed by atoms with Crippen molar-refractivity contribution in [1.29, 1.82) is 0 Å². The van der Waals surface area contributed by atoms with E-state index in [9.17, 15) is 9.18 Å². The Bertz CT molecular complexity index is 635. The molecule has 1 nitrogen and oxygen atoms in total. The second-order valence-electron chi connectivity index (χ2n) is 4.99. The first-order chi connectivity index (χ1) is 9.51. The number of thiophene rings is 2. The van der Waals surface area contributed by atoms with Crippen molar-refractivity contribution >= 4 is 67.1 Å². The van der Waals surface area contributed by atoms with Crippen molar-refractivity contribution < 1.29 is 9.18 Å². The number of carbonyl (C=O) groups is 1. The molecule has 20 heavy (non-hydrogen) atoms. The van der Waals surface area contributed by atoms with Gasteiger partial charge < -0.3 is 0 Å². The maximum atomic E-state index is 14.5. The van der Waals surface area contributed by atoms with Crippen molar-refractivity contribution in [2.24, 2.45) is 5.92 Å². The third-order valence-corrected chi connectivity index (χ3v) is 6.81. The van der Waals surface area contributed by atoms with Gasteiger partial charge in [-0.3, -0.25) is 4.79 Å². The molecule has 0 radical (unpaired) electrons. The zero-order valence-electron chi connectivity index (χ0n) is 11.9. The summed E-state index contributed by atoms with van der Waals surface area (Å²) in [6.07, 6.45) is 3.73. The zero-order chi connectivity index (χ0) is 14.9. The van der Waals surface area contributed by atoms with Gasteiger partial charge in [-0.2, -0.15) is 0 Å². The standard InChI is InChI=1S/C14H17BBrFOS2/c1-3-5-6-7(4-2)10(18)12-9(17)8-11(19-12)13(15)20-14(8)16/h7H,3-6,15H2,1-2H3. The Morgan fingerprint density at radius 2 is 2.10 bits per heavy atom. The van der Waals surface area contributed by atoms with Gasteiger partial charge in [0.1, 0.15) is 4.88 Å². The first kappa shape index (κ1) is 16.2. The molecule has 0 saturated carbocycles. The molecule has 0 spiro atoms. The highest BCUT2D eigenvalue weighted by Crippen LogP contribution is 2.39. The van der Waals surface area contributed by atoms with Gasteiger partial charge in [0.15, 0.2) is 19.4 Å². The summed E-state index contributed by atoms with van der Waals surface area (Å²) in [7, 11) is 1.97. The van der Waals surface area contributed by atoms with Crippen molar-refractivity contribution in [3.8, 4) is 0 Å². The number of hydrogen-bond acceptors (Lipinski definition) is 3. The van der Waals surface area contributed by atoms with Gasteiger partial charge in [0.25, 0.3) is 0 Å². The van der Waals surface area contributed by atoms with Crippen molar-refractivity contribution in [3.05, 3.63) is 14.5 Å². The van der Waals surface area contributed by atoms with E-state index < -0.39 is 0 Å². The summed E-state index contributed by atoms with van der Waals surface area (Å²) in [4.78, 5) is 12.9. The van der Waals surface area contributed by atoms with Crippen LogP contribution in [0.1, 0.15) is 49.2 Å². The molecule has 0 bridgehead atoms. The highest BCUT2D eigenvalue weighted by molar-refractivity contribution is 9.11. The van der Waals surface area contributed by atoms with E-state index in [1.54, 1.807) is 0 Å². The molecule has 0 aromatic carbocycles. The average Bonchev–Trinajstić information content (AvgIpc) is 2.90. The summed E-state index contributed by atoms with van der Waals surface area (Å²) in [5.74, 6) is -0.396. The predicted molar refractivity (Wildman–Crippen MR) is 93.2 cm³/mol. The molecule has 0 aliphatic rings. The van der Waals surface area contributed by atoms with E-state index in [0.717, 1.165) is 38.9 Å². The molecule has 2 aromatic heterocycles. The molecule has 2 rings (SSSR count). The normalized spacial score (nSPS) is 13.0. The topological polar surface area (TPSA) is 17.1 Å². The zero-order valence-corrected chi connectivity index (χ0v) is 15.1. The molecule has 2 heterocycles. The molecule has 1 unspecified atom stereocenters. The Balaban J connectivity index is 2.39. The third-order valence-electron chi connectivity index (χ3n) is 3.60. The lowest BCUT2D eigenvalue weighted by atomic mass is 9.93. The van der Waals surface area contributed by atoms with Crippen molar-refractivity contribution in [1.82, 2.24) is 0 Å². The first-order valence-corrected chi connectivity index (χ1v) is 9.34. The SMILES string of the molecule is Bc1sc(Br)c2c(F)c(C(=O)C(CC)CCCC)sc12. The number of carbonyl (C=O) groups excluding carboxylic acids is 1. The van der Waals surface area contributed by atoms with E-state index in [1.807, 2.05) is 14.8 Å². The summed E-state index contributed by atoms with van der Waals surface area (Å²) in [6.45, 7) is 4.12. The molecule has 0 amide bonds. The maximum absolute atomic E-state index is 14.5. The molecule has 108 valence electrons. The molecule has 6 heteroatoms. The van der Waals surface area contributed by atoms with E-state index in [0.29, 0.717) is 10.3 Å². The molecule has 0 saturated heterocycles. The van der Waals surface area contributed by atoms with Crippen molar-refractivity contribution in [2.45, 2.75) is 39.5 Å². The summed E-state index contributed by atoms with van der Waals surface area (Å²) < 4.78 is 17.3. The third kappa shape index (κ3) is 2.88. The van der Waals surface area contributed by atoms with Crippen LogP contribution in [0, 0.1) is 11.7 Å². The van der Waals surface area contributed by atoms with Crippen LogP contribution in [0.5, 0.6) is 0 Å². The molecular weight excluding hydrogens is 358 g/mol. The van der Waals surface area contributed by atoms with E-state index >= 15 is 0 Å². The monoisotopic (exact) mass is 374 g/mol. The van der Waals surface area contributed by atoms with Crippen LogP contribution in [0.3, 0.4) is 0 Å². The van der Waals surface area contributed by atoms with Crippen LogP contribution >= 0.6 is 38.6 Å². The second kappa shape index (κ2) is 6.71. The summed E-state index contributed by atoms with van der Waals surface area (Å²) in [5.41, 5.74) is 0. The molecule has 0 aliphatic carbocycles. The Morgan fingerprint density at radius 1 is 1.40 bits per heavy atom. The Morgan fingerprint density at radius 3 is 2.65 bits per heavy atom. The minimum Gasteiger partial charge on any atom is -0.293 e. The van der Waals surface area contributed by atoms with Crippen LogP contribution in [0.15, 0.2) is 3.79 Å². The van der Waals surface area contributed by atoms with Crippen LogP contribution in [-0.4, -0.2) is 13.6 Å². The van der Waals surface area contributed by atoms with Crippen LogP contribution in [0.25, 0.3) is 10.1 Å². The van der Waals surface area contributed by atoms with E-state index in [-0.39, 0.29) is 17.5 Å². The van der Waals surface area contributed by atoms with Crippen LogP contribution in [-0.2, 0) is 0 Å². The maximum Gasteiger partial charge on any atom is 0.178 e. The fourth-order valence-corrected chi connectivity index (χ4v) is 5.79. The number of ketones is 1. The molecule has 0 fully saturated rings. The first-order valence-electron chi connectivity index (χ1n) is 6.92. The Kier molecular flexibility index (Phi) is 5.43. The molecule has 1 atom stereocenters. The summed E-state index contributed by atoms with van der Waals surface area (Å²) in [5, 5.41) is 0.589. The number of unbranched alkanes of at least 4 members (excludes halogenated alkanes) is 1. The van der Waals surface area contributed by atoms with Gasteiger partial charge in [-0.25, -0.2) is 4.39 Å². The van der Waals surface area contributed by atoms with Gasteiger partial charge in [-0.05, 0) is 33.5 Å². The second-order valence-corrected chi connectivity index (χ2v) is 8.56. The highest BCUT2D eigenvalue weighted by Gasteiger charge is 2.27. The van der Waals surface area contributed by atoms with Crippen molar-refractivity contribution in [3.63, 3.8) is 0 Å². The van der Waals surface area contributed by atoms with Gasteiger partial charge in [0, 0.05) is 10.6 Å². The van der Waals surface area contributed by atoms with E-state index in [4.69, 9.17) is 0 Å². The lowest BCUT2D eigenvalue weighted by Gasteiger charge is -2.11. The quantitative estimate of drug-likeness (QED) is 0.536. The van der Waals surface area contributed by atoms with Gasteiger partial charge >= 0.3 is 0 Å². The van der Waals surface area contributed by atoms with Crippen molar-refractivity contribution in [2.75, 3.05) is 0 Å².